The van der Waals surface area contributed by atoms with E-state index in [1.54, 1.807) is 49.6 Å². The van der Waals surface area contributed by atoms with Crippen LogP contribution < -0.4 is 9.47 Å². The monoisotopic (exact) mass is 345 g/mol. The van der Waals surface area contributed by atoms with Gasteiger partial charge in [0.1, 0.15) is 17.6 Å². The molecule has 0 amide bonds. The maximum atomic E-state index is 12.1. The number of carbonyl (C=O) groups excluding carboxylic acids is 1. The molecule has 2 rings (SSSR count). The van der Waals surface area contributed by atoms with Crippen molar-refractivity contribution in [1.29, 1.82) is 5.26 Å². The summed E-state index contributed by atoms with van der Waals surface area (Å²) in [7, 11) is 1.54. The molecule has 0 aromatic heterocycles. The van der Waals surface area contributed by atoms with E-state index in [0.29, 0.717) is 22.6 Å². The van der Waals surface area contributed by atoms with E-state index in [1.807, 2.05) is 6.07 Å². The number of nitriles is 1. The minimum atomic E-state index is -0.180. The van der Waals surface area contributed by atoms with Gasteiger partial charge in [0.15, 0.2) is 12.4 Å². The first kappa shape index (κ1) is 15.1. The van der Waals surface area contributed by atoms with Crippen molar-refractivity contribution in [3.05, 3.63) is 58.1 Å². The summed E-state index contributed by atoms with van der Waals surface area (Å²) in [6.45, 7) is -0.135. The highest BCUT2D eigenvalue weighted by Gasteiger charge is 2.10. The van der Waals surface area contributed by atoms with Crippen LogP contribution in [0.4, 0.5) is 0 Å². The summed E-state index contributed by atoms with van der Waals surface area (Å²) in [5, 5.41) is 9.04. The van der Waals surface area contributed by atoms with Crippen molar-refractivity contribution >= 4 is 21.7 Å². The van der Waals surface area contributed by atoms with E-state index in [9.17, 15) is 4.79 Å². The molecule has 0 saturated heterocycles. The van der Waals surface area contributed by atoms with Crippen LogP contribution in [0.2, 0.25) is 0 Å². The molecule has 0 N–H and O–H groups in total. The third-order valence-corrected chi connectivity index (χ3v) is 3.31. The lowest BCUT2D eigenvalue weighted by atomic mass is 10.1. The van der Waals surface area contributed by atoms with Crippen LogP contribution in [-0.4, -0.2) is 19.5 Å². The number of hydrogen-bond acceptors (Lipinski definition) is 4. The van der Waals surface area contributed by atoms with Gasteiger partial charge in [0, 0.05) is 10.0 Å². The lowest BCUT2D eigenvalue weighted by Crippen LogP contribution is -2.12. The van der Waals surface area contributed by atoms with E-state index in [-0.39, 0.29) is 12.4 Å². The Morgan fingerprint density at radius 3 is 2.81 bits per heavy atom. The van der Waals surface area contributed by atoms with Gasteiger partial charge < -0.3 is 9.47 Å². The van der Waals surface area contributed by atoms with Crippen LogP contribution in [0, 0.1) is 11.3 Å². The first-order valence-corrected chi connectivity index (χ1v) is 6.93. The second-order valence-corrected chi connectivity index (χ2v) is 5.11. The molecule has 0 atom stereocenters. The second-order valence-electron chi connectivity index (χ2n) is 4.20. The summed E-state index contributed by atoms with van der Waals surface area (Å²) in [5.41, 5.74) is 0.882. The first-order valence-electron chi connectivity index (χ1n) is 6.13. The number of nitrogens with zero attached hydrogens (tertiary/aromatic N) is 1. The molecule has 0 spiro atoms. The lowest BCUT2D eigenvalue weighted by Gasteiger charge is -2.08. The number of rotatable bonds is 5. The predicted octanol–water partition coefficient (Wildman–Crippen LogP) is 3.59. The van der Waals surface area contributed by atoms with E-state index in [0.717, 1.165) is 4.47 Å². The van der Waals surface area contributed by atoms with Crippen molar-refractivity contribution in [2.24, 2.45) is 0 Å². The van der Waals surface area contributed by atoms with Gasteiger partial charge in [-0.05, 0) is 30.3 Å². The molecule has 0 aliphatic rings. The van der Waals surface area contributed by atoms with E-state index in [4.69, 9.17) is 14.7 Å². The molecule has 4 nitrogen and oxygen atoms in total. The van der Waals surface area contributed by atoms with Crippen molar-refractivity contribution in [3.63, 3.8) is 0 Å². The van der Waals surface area contributed by atoms with Gasteiger partial charge in [-0.3, -0.25) is 4.79 Å². The Morgan fingerprint density at radius 2 is 2.10 bits per heavy atom. The summed E-state index contributed by atoms with van der Waals surface area (Å²) >= 11 is 3.28. The zero-order valence-corrected chi connectivity index (χ0v) is 12.9. The Labute approximate surface area is 131 Å². The molecule has 5 heteroatoms. The highest BCUT2D eigenvalue weighted by Crippen LogP contribution is 2.22. The Kier molecular flexibility index (Phi) is 4.96. The molecule has 2 aromatic rings. The third kappa shape index (κ3) is 3.83. The number of methoxy groups -OCH3 is 1. The van der Waals surface area contributed by atoms with Gasteiger partial charge in [0.2, 0.25) is 0 Å². The standard InChI is InChI=1S/C16H12BrNO3/c1-20-14-4-2-3-11(8-14)15(19)10-21-16-6-5-13(17)7-12(16)9-18/h2-8H,10H2,1H3. The minimum absolute atomic E-state index is 0.135. The SMILES string of the molecule is COc1cccc(C(=O)COc2ccc(Br)cc2C#N)c1. The van der Waals surface area contributed by atoms with Gasteiger partial charge in [-0.15, -0.1) is 0 Å². The van der Waals surface area contributed by atoms with Crippen LogP contribution in [0.15, 0.2) is 46.9 Å². The van der Waals surface area contributed by atoms with Gasteiger partial charge in [0.25, 0.3) is 0 Å². The average Bonchev–Trinajstić information content (AvgIpc) is 2.53. The maximum Gasteiger partial charge on any atom is 0.200 e. The number of ketones is 1. The lowest BCUT2D eigenvalue weighted by molar-refractivity contribution is 0.0921. The number of carbonyl (C=O) groups is 1. The highest BCUT2D eigenvalue weighted by atomic mass is 79.9. The van der Waals surface area contributed by atoms with Crippen molar-refractivity contribution in [2.45, 2.75) is 0 Å². The van der Waals surface area contributed by atoms with Crippen LogP contribution in [0.1, 0.15) is 15.9 Å². The Balaban J connectivity index is 2.09. The number of Topliss-reactive ketones (excluding diaryl/α,β-unsaturated/α-hetero) is 1. The topological polar surface area (TPSA) is 59.3 Å². The molecule has 0 radical (unpaired) electrons. The van der Waals surface area contributed by atoms with Crippen LogP contribution in [-0.2, 0) is 0 Å². The average molecular weight is 346 g/mol. The van der Waals surface area contributed by atoms with Gasteiger partial charge >= 0.3 is 0 Å². The van der Waals surface area contributed by atoms with E-state index < -0.39 is 0 Å². The highest BCUT2D eigenvalue weighted by molar-refractivity contribution is 9.10. The minimum Gasteiger partial charge on any atom is -0.497 e. The summed E-state index contributed by atoms with van der Waals surface area (Å²) in [6, 6.07) is 13.9. The number of benzene rings is 2. The fraction of sp³-hybridized carbons (Fsp3) is 0.125. The van der Waals surface area contributed by atoms with Crippen LogP contribution in [0.5, 0.6) is 11.5 Å². The molecule has 0 fully saturated rings. The molecule has 0 heterocycles. The van der Waals surface area contributed by atoms with E-state index >= 15 is 0 Å². The van der Waals surface area contributed by atoms with Crippen molar-refractivity contribution in [2.75, 3.05) is 13.7 Å². The summed E-state index contributed by atoms with van der Waals surface area (Å²) in [4.78, 5) is 12.1. The number of hydrogen-bond donors (Lipinski definition) is 0. The molecular formula is C16H12BrNO3. The molecule has 106 valence electrons. The van der Waals surface area contributed by atoms with Crippen LogP contribution in [0.25, 0.3) is 0 Å². The maximum absolute atomic E-state index is 12.1. The van der Waals surface area contributed by atoms with Gasteiger partial charge in [0.05, 0.1) is 12.7 Å². The Hall–Kier alpha value is -2.32. The molecule has 0 saturated carbocycles. The molecule has 0 bridgehead atoms. The third-order valence-electron chi connectivity index (χ3n) is 2.81. The van der Waals surface area contributed by atoms with Crippen molar-refractivity contribution in [1.82, 2.24) is 0 Å². The number of ether oxygens (including phenoxy) is 2. The van der Waals surface area contributed by atoms with Crippen molar-refractivity contribution in [3.8, 4) is 17.6 Å². The molecule has 0 aliphatic heterocycles. The summed E-state index contributed by atoms with van der Waals surface area (Å²) in [6.07, 6.45) is 0. The summed E-state index contributed by atoms with van der Waals surface area (Å²) < 4.78 is 11.3. The summed E-state index contributed by atoms with van der Waals surface area (Å²) in [5.74, 6) is 0.819. The Bertz CT molecular complexity index is 707. The first-order chi connectivity index (χ1) is 10.1. The molecular weight excluding hydrogens is 334 g/mol. The number of halogens is 1. The van der Waals surface area contributed by atoms with E-state index in [2.05, 4.69) is 15.9 Å². The Morgan fingerprint density at radius 1 is 1.29 bits per heavy atom. The second kappa shape index (κ2) is 6.91. The molecule has 2 aromatic carbocycles. The molecule has 21 heavy (non-hydrogen) atoms. The van der Waals surface area contributed by atoms with Crippen LogP contribution >= 0.6 is 15.9 Å². The molecule has 0 aliphatic carbocycles. The fourth-order valence-electron chi connectivity index (χ4n) is 1.74. The zero-order valence-electron chi connectivity index (χ0n) is 11.3. The fourth-order valence-corrected chi connectivity index (χ4v) is 2.10. The smallest absolute Gasteiger partial charge is 0.200 e. The van der Waals surface area contributed by atoms with Crippen molar-refractivity contribution < 1.29 is 14.3 Å². The van der Waals surface area contributed by atoms with Crippen LogP contribution in [0.3, 0.4) is 0 Å². The van der Waals surface area contributed by atoms with Gasteiger partial charge in [-0.25, -0.2) is 0 Å². The van der Waals surface area contributed by atoms with Gasteiger partial charge in [-0.1, -0.05) is 28.1 Å². The molecule has 0 unspecified atom stereocenters. The zero-order chi connectivity index (χ0) is 15.2. The normalized spacial score (nSPS) is 9.76. The largest absolute Gasteiger partial charge is 0.497 e. The van der Waals surface area contributed by atoms with E-state index in [1.165, 1.54) is 0 Å². The quantitative estimate of drug-likeness (QED) is 0.777. The predicted molar refractivity (Wildman–Crippen MR) is 81.7 cm³/mol. The van der Waals surface area contributed by atoms with Gasteiger partial charge in [-0.2, -0.15) is 5.26 Å².